The number of hydrogen-bond acceptors (Lipinski definition) is 11. The number of aromatic nitrogens is 6. The summed E-state index contributed by atoms with van der Waals surface area (Å²) in [5.74, 6) is 8.09. The van der Waals surface area contributed by atoms with Crippen molar-refractivity contribution in [3.63, 3.8) is 0 Å². The van der Waals surface area contributed by atoms with Crippen LogP contribution in [0.5, 0.6) is 23.3 Å². The Morgan fingerprint density at radius 3 is 2.23 bits per heavy atom. The van der Waals surface area contributed by atoms with Crippen molar-refractivity contribution in [3.05, 3.63) is 69.8 Å². The maximum absolute atomic E-state index is 14.6. The maximum Gasteiger partial charge on any atom is 0.359 e. The summed E-state index contributed by atoms with van der Waals surface area (Å²) in [6.07, 6.45) is -1.97. The number of H-pyrrole nitrogens is 2. The quantitative estimate of drug-likeness (QED) is 0.105. The minimum atomic E-state index is -1.91. The minimum absolute atomic E-state index is 0.0228. The van der Waals surface area contributed by atoms with Crippen LogP contribution in [-0.4, -0.2) is 73.5 Å². The third-order valence-electron chi connectivity index (χ3n) is 5.85. The first-order valence-electron chi connectivity index (χ1n) is 12.6. The van der Waals surface area contributed by atoms with Crippen molar-refractivity contribution in [1.82, 2.24) is 30.8 Å². The Bertz CT molecular complexity index is 1800. The van der Waals surface area contributed by atoms with Gasteiger partial charge in [0.2, 0.25) is 12.0 Å². The van der Waals surface area contributed by atoms with E-state index in [4.69, 9.17) is 26.2 Å². The van der Waals surface area contributed by atoms with Crippen LogP contribution in [0, 0.1) is 29.5 Å². The fourth-order valence-corrected chi connectivity index (χ4v) is 3.63. The van der Waals surface area contributed by atoms with Gasteiger partial charge in [-0.3, -0.25) is 0 Å². The number of carboxylic acids is 1. The highest BCUT2D eigenvalue weighted by atomic mass is 35.5. The summed E-state index contributed by atoms with van der Waals surface area (Å²) in [5, 5.41) is 68.1. The predicted molar refractivity (Wildman–Crippen MR) is 149 cm³/mol. The third kappa shape index (κ3) is 8.29. The third-order valence-corrected chi connectivity index (χ3v) is 6.18. The minimum Gasteiger partial charge on any atom is -0.476 e. The summed E-state index contributed by atoms with van der Waals surface area (Å²) < 4.78 is 25.4. The van der Waals surface area contributed by atoms with E-state index in [1.807, 2.05) is 0 Å². The van der Waals surface area contributed by atoms with Crippen LogP contribution in [-0.2, 0) is 0 Å². The number of carboxylic acid groups (broad SMARTS) is 1. The molecule has 2 atom stereocenters. The van der Waals surface area contributed by atoms with Crippen molar-refractivity contribution in [1.29, 1.82) is 0 Å². The normalized spacial score (nSPS) is 13.6. The average Bonchev–Trinajstić information content (AvgIpc) is 3.62. The summed E-state index contributed by atoms with van der Waals surface area (Å²) in [6, 6.07) is 8.05. The highest BCUT2D eigenvalue weighted by Gasteiger charge is 2.25. The molecule has 0 radical (unpaired) electrons. The van der Waals surface area contributed by atoms with Crippen LogP contribution in [0.2, 0.25) is 5.02 Å². The number of rotatable bonds is 9. The number of aromatic amines is 2. The van der Waals surface area contributed by atoms with E-state index in [1.54, 1.807) is 0 Å². The first-order valence-corrected chi connectivity index (χ1v) is 13.0. The lowest BCUT2D eigenvalue weighted by atomic mass is 9.92. The van der Waals surface area contributed by atoms with Gasteiger partial charge in [-0.05, 0) is 57.0 Å². The lowest BCUT2D eigenvalue weighted by Gasteiger charge is -2.22. The molecule has 4 rings (SSSR count). The molecule has 7 N–H and O–H groups in total. The lowest BCUT2D eigenvalue weighted by molar-refractivity contribution is -0.0470. The Morgan fingerprint density at radius 2 is 1.59 bits per heavy atom. The van der Waals surface area contributed by atoms with Gasteiger partial charge < -0.3 is 35.0 Å². The molecule has 0 amide bonds. The van der Waals surface area contributed by atoms with Gasteiger partial charge in [0.05, 0.1) is 10.6 Å². The highest BCUT2D eigenvalue weighted by Crippen LogP contribution is 2.29. The Kier molecular flexibility index (Phi) is 9.49. The largest absolute Gasteiger partial charge is 0.476 e. The molecule has 0 bridgehead atoms. The molecule has 16 heteroatoms. The summed E-state index contributed by atoms with van der Waals surface area (Å²) >= 11 is 6.23. The van der Waals surface area contributed by atoms with Gasteiger partial charge in [0.25, 0.3) is 11.8 Å². The number of aliphatic hydroxyl groups excluding tert-OH is 1. The number of halogens is 2. The van der Waals surface area contributed by atoms with Crippen LogP contribution in [0.3, 0.4) is 0 Å². The zero-order valence-electron chi connectivity index (χ0n) is 23.0. The Labute approximate surface area is 253 Å². The zero-order chi connectivity index (χ0) is 32.1. The topological polar surface area (TPSA) is 220 Å². The molecule has 14 nitrogen and oxygen atoms in total. The molecule has 2 heterocycles. The number of nitrogens with one attached hydrogen (secondary N) is 2. The second-order valence-corrected chi connectivity index (χ2v) is 10.1. The van der Waals surface area contributed by atoms with Crippen molar-refractivity contribution in [2.24, 2.45) is 0 Å². The zero-order valence-corrected chi connectivity index (χ0v) is 23.7. The van der Waals surface area contributed by atoms with Crippen LogP contribution < -0.4 is 9.47 Å². The molecule has 2 aromatic carbocycles. The van der Waals surface area contributed by atoms with Gasteiger partial charge in [0.15, 0.2) is 5.69 Å². The van der Waals surface area contributed by atoms with Crippen molar-refractivity contribution in [3.8, 4) is 46.9 Å². The number of carbonyl (C=O) groups is 1. The first kappa shape index (κ1) is 31.9. The maximum atomic E-state index is 14.6. The number of aromatic carboxylic acids is 1. The van der Waals surface area contributed by atoms with Gasteiger partial charge in [0.1, 0.15) is 28.5 Å². The molecule has 0 aliphatic heterocycles. The SMILES string of the molecule is CC(O)(C#Cc1ccc(Oc2nn[nH]c2C(=O)O)cc1F)CCC(C)(O)C#Cc1cc(Oc2n[nH]nc2C(O)O)ccc1Cl. The molecular weight excluding hydrogens is 603 g/mol. The molecule has 0 saturated carbocycles. The summed E-state index contributed by atoms with van der Waals surface area (Å²) in [7, 11) is 0. The van der Waals surface area contributed by atoms with Crippen molar-refractivity contribution >= 4 is 17.6 Å². The van der Waals surface area contributed by atoms with E-state index in [0.717, 1.165) is 6.07 Å². The average molecular weight is 627 g/mol. The molecule has 44 heavy (non-hydrogen) atoms. The number of hydrogen-bond donors (Lipinski definition) is 7. The van der Waals surface area contributed by atoms with Gasteiger partial charge >= 0.3 is 5.97 Å². The van der Waals surface area contributed by atoms with Gasteiger partial charge in [-0.2, -0.15) is 10.3 Å². The van der Waals surface area contributed by atoms with E-state index in [-0.39, 0.29) is 57.9 Å². The number of aliphatic hydroxyl groups is 4. The Morgan fingerprint density at radius 1 is 0.977 bits per heavy atom. The van der Waals surface area contributed by atoms with Crippen LogP contribution in [0.15, 0.2) is 36.4 Å². The van der Waals surface area contributed by atoms with Crippen LogP contribution in [0.1, 0.15) is 60.3 Å². The Balaban J connectivity index is 1.40. The summed E-state index contributed by atoms with van der Waals surface area (Å²) in [6.45, 7) is 2.83. The number of nitrogens with zero attached hydrogens (tertiary/aromatic N) is 4. The van der Waals surface area contributed by atoms with Gasteiger partial charge in [-0.25, -0.2) is 14.3 Å². The van der Waals surface area contributed by atoms with Crippen molar-refractivity contribution in [2.45, 2.75) is 44.2 Å². The van der Waals surface area contributed by atoms with Crippen LogP contribution in [0.25, 0.3) is 0 Å². The standard InChI is InChI=1S/C28H24ClFN6O8/c1-27(41,9-7-15-3-4-18(14-20(15)30)44-24-22(26(39)40)32-36-34-24)11-12-28(2,42)10-8-16-13-17(5-6-19(16)29)43-23-21(25(37)38)31-35-33-23/h3-6,13-14,25,37-38,41-42H,11-12H2,1-2H3,(H,39,40)(H,31,33,35)(H,32,34,36). The van der Waals surface area contributed by atoms with E-state index in [9.17, 15) is 29.6 Å². The van der Waals surface area contributed by atoms with E-state index in [0.29, 0.717) is 0 Å². The molecule has 4 aromatic rings. The van der Waals surface area contributed by atoms with Gasteiger partial charge in [-0.1, -0.05) is 45.6 Å². The molecule has 0 aliphatic rings. The van der Waals surface area contributed by atoms with Crippen molar-refractivity contribution in [2.75, 3.05) is 0 Å². The second kappa shape index (κ2) is 13.1. The van der Waals surface area contributed by atoms with Crippen LogP contribution >= 0.6 is 11.6 Å². The summed E-state index contributed by atoms with van der Waals surface area (Å²) in [5.41, 5.74) is -3.63. The van der Waals surface area contributed by atoms with E-state index in [1.165, 1.54) is 44.2 Å². The summed E-state index contributed by atoms with van der Waals surface area (Å²) in [4.78, 5) is 11.1. The first-order chi connectivity index (χ1) is 20.7. The molecule has 0 fully saturated rings. The van der Waals surface area contributed by atoms with Crippen molar-refractivity contribution < 1.29 is 44.2 Å². The van der Waals surface area contributed by atoms with Gasteiger partial charge in [0, 0.05) is 11.6 Å². The molecule has 2 unspecified atom stereocenters. The second-order valence-electron chi connectivity index (χ2n) is 9.72. The molecule has 2 aromatic heterocycles. The fourth-order valence-electron chi connectivity index (χ4n) is 3.47. The van der Waals surface area contributed by atoms with Gasteiger partial charge in [-0.15, -0.1) is 5.10 Å². The Hall–Kier alpha value is -5.03. The van der Waals surface area contributed by atoms with Crippen LogP contribution in [0.4, 0.5) is 4.39 Å². The highest BCUT2D eigenvalue weighted by molar-refractivity contribution is 6.31. The smallest absolute Gasteiger partial charge is 0.359 e. The molecule has 228 valence electrons. The molecule has 0 aliphatic carbocycles. The molecule has 0 saturated heterocycles. The fraction of sp³-hybridized carbons (Fsp3) is 0.250. The number of ether oxygens (including phenoxy) is 2. The lowest BCUT2D eigenvalue weighted by Crippen LogP contribution is -2.29. The van der Waals surface area contributed by atoms with E-state index >= 15 is 0 Å². The monoisotopic (exact) mass is 626 g/mol. The molecular formula is C28H24ClFN6O8. The predicted octanol–water partition coefficient (Wildman–Crippen LogP) is 2.67. The van der Waals surface area contributed by atoms with E-state index in [2.05, 4.69) is 54.5 Å². The molecule has 0 spiro atoms. The van der Waals surface area contributed by atoms with E-state index < -0.39 is 35.0 Å². The number of benzene rings is 2.